The van der Waals surface area contributed by atoms with Crippen LogP contribution in [0.5, 0.6) is 5.75 Å². The van der Waals surface area contributed by atoms with Gasteiger partial charge in [0.15, 0.2) is 5.60 Å². The Morgan fingerprint density at radius 3 is 2.55 bits per heavy atom. The minimum Gasteiger partial charge on any atom is -0.494 e. The molecule has 31 heavy (non-hydrogen) atoms. The predicted octanol–water partition coefficient (Wildman–Crippen LogP) is 3.45. The molecule has 3 aromatic rings. The molecule has 6 nitrogen and oxygen atoms in total. The average Bonchev–Trinajstić information content (AvgIpc) is 2.98. The van der Waals surface area contributed by atoms with Crippen LogP contribution in [-0.2, 0) is 15.2 Å². The second-order valence-corrected chi connectivity index (χ2v) is 7.13. The van der Waals surface area contributed by atoms with E-state index < -0.39 is 23.2 Å². The predicted molar refractivity (Wildman–Crippen MR) is 114 cm³/mol. The van der Waals surface area contributed by atoms with Crippen LogP contribution in [0.1, 0.15) is 18.1 Å². The molecule has 158 valence electrons. The van der Waals surface area contributed by atoms with Crippen LogP contribution in [0.2, 0.25) is 0 Å². The summed E-state index contributed by atoms with van der Waals surface area (Å²) in [5.41, 5.74) is -0.702. The molecule has 1 aliphatic rings. The summed E-state index contributed by atoms with van der Waals surface area (Å²) in [6.07, 6.45) is 0. The maximum Gasteiger partial charge on any atom is 0.268 e. The standard InChI is InChI=1S/C24H21FN2O4/c1-2-31-19-12-10-18(11-13-19)26-22(28)15-27-21-9-4-3-8-20(21)24(30,23(27)29)16-6-5-7-17(25)14-16/h3-14,30H,2,15H2,1H3,(H,26,28)/t24-/m0/s1. The first-order valence-corrected chi connectivity index (χ1v) is 9.86. The maximum atomic E-state index is 13.8. The van der Waals surface area contributed by atoms with E-state index in [0.29, 0.717) is 29.3 Å². The highest BCUT2D eigenvalue weighted by molar-refractivity contribution is 6.12. The summed E-state index contributed by atoms with van der Waals surface area (Å²) in [5.74, 6) is -1.02. The number of nitrogens with zero attached hydrogens (tertiary/aromatic N) is 1. The van der Waals surface area contributed by atoms with E-state index in [9.17, 15) is 19.1 Å². The number of amides is 2. The zero-order chi connectivity index (χ0) is 22.0. The molecule has 0 aliphatic carbocycles. The third-order valence-corrected chi connectivity index (χ3v) is 5.13. The molecule has 0 fully saturated rings. The fourth-order valence-corrected chi connectivity index (χ4v) is 3.73. The van der Waals surface area contributed by atoms with Crippen molar-refractivity contribution in [2.75, 3.05) is 23.4 Å². The first kappa shape index (κ1) is 20.6. The molecule has 3 aromatic carbocycles. The molecule has 2 N–H and O–H groups in total. The Labute approximate surface area is 178 Å². The summed E-state index contributed by atoms with van der Waals surface area (Å²) in [6.45, 7) is 2.11. The highest BCUT2D eigenvalue weighted by Crippen LogP contribution is 2.44. The lowest BCUT2D eigenvalue weighted by Gasteiger charge is -2.23. The molecule has 1 heterocycles. The van der Waals surface area contributed by atoms with E-state index in [1.165, 1.54) is 23.1 Å². The van der Waals surface area contributed by atoms with Gasteiger partial charge in [-0.25, -0.2) is 4.39 Å². The van der Waals surface area contributed by atoms with Crippen LogP contribution in [-0.4, -0.2) is 30.1 Å². The van der Waals surface area contributed by atoms with Gasteiger partial charge in [0.05, 0.1) is 12.3 Å². The van der Waals surface area contributed by atoms with Crippen molar-refractivity contribution < 1.29 is 23.8 Å². The van der Waals surface area contributed by atoms with Crippen LogP contribution in [0, 0.1) is 5.82 Å². The van der Waals surface area contributed by atoms with Crippen LogP contribution in [0.25, 0.3) is 0 Å². The van der Waals surface area contributed by atoms with Crippen molar-refractivity contribution in [2.24, 2.45) is 0 Å². The van der Waals surface area contributed by atoms with Crippen molar-refractivity contribution in [3.8, 4) is 5.75 Å². The number of hydrogen-bond acceptors (Lipinski definition) is 4. The number of ether oxygens (including phenoxy) is 1. The van der Waals surface area contributed by atoms with Crippen LogP contribution >= 0.6 is 0 Å². The van der Waals surface area contributed by atoms with Gasteiger partial charge in [0, 0.05) is 16.8 Å². The van der Waals surface area contributed by atoms with Gasteiger partial charge in [-0.2, -0.15) is 0 Å². The molecule has 2 amide bonds. The average molecular weight is 420 g/mol. The molecule has 0 unspecified atom stereocenters. The number of carbonyl (C=O) groups is 2. The minimum atomic E-state index is -2.07. The molecule has 0 bridgehead atoms. The summed E-state index contributed by atoms with van der Waals surface area (Å²) in [5, 5.41) is 14.1. The largest absolute Gasteiger partial charge is 0.494 e. The summed E-state index contributed by atoms with van der Waals surface area (Å²) < 4.78 is 19.2. The van der Waals surface area contributed by atoms with Gasteiger partial charge in [-0.3, -0.25) is 14.5 Å². The number of rotatable bonds is 6. The van der Waals surface area contributed by atoms with Crippen LogP contribution in [0.3, 0.4) is 0 Å². The first-order valence-electron chi connectivity index (χ1n) is 9.86. The summed E-state index contributed by atoms with van der Waals surface area (Å²) in [7, 11) is 0. The number of halogens is 1. The normalized spacial score (nSPS) is 17.4. The smallest absolute Gasteiger partial charge is 0.268 e. The van der Waals surface area contributed by atoms with Crippen molar-refractivity contribution in [1.29, 1.82) is 0 Å². The number of fused-ring (bicyclic) bond motifs is 1. The highest BCUT2D eigenvalue weighted by Gasteiger charge is 2.51. The number of para-hydroxylation sites is 1. The van der Waals surface area contributed by atoms with E-state index >= 15 is 0 Å². The third kappa shape index (κ3) is 3.75. The Hall–Kier alpha value is -3.71. The molecule has 0 spiro atoms. The van der Waals surface area contributed by atoms with Gasteiger partial charge < -0.3 is 15.2 Å². The van der Waals surface area contributed by atoms with E-state index in [1.807, 2.05) is 6.92 Å². The second kappa shape index (κ2) is 8.20. The minimum absolute atomic E-state index is 0.111. The summed E-state index contributed by atoms with van der Waals surface area (Å²) in [6, 6.07) is 18.8. The van der Waals surface area contributed by atoms with Crippen LogP contribution in [0.4, 0.5) is 15.8 Å². The Morgan fingerprint density at radius 1 is 1.10 bits per heavy atom. The number of aliphatic hydroxyl groups is 1. The number of hydrogen-bond donors (Lipinski definition) is 2. The number of benzene rings is 3. The molecule has 0 aromatic heterocycles. The van der Waals surface area contributed by atoms with Gasteiger partial charge in [0.1, 0.15) is 18.1 Å². The number of nitrogens with one attached hydrogen (secondary N) is 1. The molecule has 7 heteroatoms. The molecule has 1 aliphatic heterocycles. The Morgan fingerprint density at radius 2 is 1.84 bits per heavy atom. The number of anilines is 2. The molecule has 0 saturated carbocycles. The number of carbonyl (C=O) groups excluding carboxylic acids is 2. The van der Waals surface area contributed by atoms with Gasteiger partial charge in [0.2, 0.25) is 5.91 Å². The molecule has 4 rings (SSSR count). The van der Waals surface area contributed by atoms with Gasteiger partial charge in [-0.15, -0.1) is 0 Å². The SMILES string of the molecule is CCOc1ccc(NC(=O)CN2C(=O)[C@](O)(c3cccc(F)c3)c3ccccc32)cc1. The van der Waals surface area contributed by atoms with Gasteiger partial charge in [-0.05, 0) is 49.4 Å². The van der Waals surface area contributed by atoms with E-state index in [-0.39, 0.29) is 12.1 Å². The lowest BCUT2D eigenvalue weighted by Crippen LogP contribution is -2.44. The second-order valence-electron chi connectivity index (χ2n) is 7.13. The van der Waals surface area contributed by atoms with E-state index in [2.05, 4.69) is 5.32 Å². The molecule has 0 saturated heterocycles. The van der Waals surface area contributed by atoms with Crippen molar-refractivity contribution in [1.82, 2.24) is 0 Å². The van der Waals surface area contributed by atoms with Crippen molar-refractivity contribution in [3.05, 3.63) is 89.7 Å². The zero-order valence-electron chi connectivity index (χ0n) is 16.8. The Balaban J connectivity index is 1.59. The molecular weight excluding hydrogens is 399 g/mol. The van der Waals surface area contributed by atoms with Gasteiger partial charge in [-0.1, -0.05) is 30.3 Å². The molecule has 0 radical (unpaired) electrons. The fourth-order valence-electron chi connectivity index (χ4n) is 3.73. The quantitative estimate of drug-likeness (QED) is 0.640. The van der Waals surface area contributed by atoms with E-state index in [0.717, 1.165) is 6.07 Å². The van der Waals surface area contributed by atoms with E-state index in [1.54, 1.807) is 48.5 Å². The Bertz CT molecular complexity index is 1130. The first-order chi connectivity index (χ1) is 14.9. The molecular formula is C24H21FN2O4. The van der Waals surface area contributed by atoms with Crippen molar-refractivity contribution >= 4 is 23.2 Å². The topological polar surface area (TPSA) is 78.9 Å². The highest BCUT2D eigenvalue weighted by atomic mass is 19.1. The van der Waals surface area contributed by atoms with Crippen LogP contribution in [0.15, 0.2) is 72.8 Å². The van der Waals surface area contributed by atoms with Crippen molar-refractivity contribution in [2.45, 2.75) is 12.5 Å². The van der Waals surface area contributed by atoms with Crippen molar-refractivity contribution in [3.63, 3.8) is 0 Å². The summed E-state index contributed by atoms with van der Waals surface area (Å²) >= 11 is 0. The van der Waals surface area contributed by atoms with Gasteiger partial charge in [0.25, 0.3) is 5.91 Å². The van der Waals surface area contributed by atoms with Gasteiger partial charge >= 0.3 is 0 Å². The summed E-state index contributed by atoms with van der Waals surface area (Å²) in [4.78, 5) is 27.1. The lowest BCUT2D eigenvalue weighted by atomic mass is 9.87. The van der Waals surface area contributed by atoms with E-state index in [4.69, 9.17) is 4.74 Å². The third-order valence-electron chi connectivity index (χ3n) is 5.13. The maximum absolute atomic E-state index is 13.8. The lowest BCUT2D eigenvalue weighted by molar-refractivity contribution is -0.133. The monoisotopic (exact) mass is 420 g/mol. The van der Waals surface area contributed by atoms with Crippen LogP contribution < -0.4 is 15.0 Å². The zero-order valence-corrected chi connectivity index (χ0v) is 16.8. The Kier molecular flexibility index (Phi) is 5.44. The fraction of sp³-hybridized carbons (Fsp3) is 0.167. The molecule has 1 atom stereocenters.